The normalized spacial score (nSPS) is 19.3. The first kappa shape index (κ1) is 18.0. The Morgan fingerprint density at radius 1 is 1.03 bits per heavy atom. The molecule has 1 saturated heterocycles. The molecule has 4 heterocycles. The van der Waals surface area contributed by atoms with Gasteiger partial charge in [0.1, 0.15) is 10.7 Å². The number of nitrogens with zero attached hydrogens (tertiary/aromatic N) is 5. The summed E-state index contributed by atoms with van der Waals surface area (Å²) in [6.07, 6.45) is 4.46. The highest BCUT2D eigenvalue weighted by molar-refractivity contribution is 6.35. The van der Waals surface area contributed by atoms with E-state index in [0.717, 1.165) is 48.5 Å². The largest absolute Gasteiger partial charge is 0.299 e. The van der Waals surface area contributed by atoms with Crippen molar-refractivity contribution >= 4 is 40.3 Å². The quantitative estimate of drug-likeness (QED) is 0.473. The summed E-state index contributed by atoms with van der Waals surface area (Å²) in [7, 11) is 0. The standard InChI is InChI=1S/C22H20ClN5O2/c23-17-11-13(12-26-9-3-4-10-26)19-18(24-17)20(25-28(19)14-7-8-14)27-21(29)15-5-1-2-6-16(15)22(27)30/h1-2,5-6,11,14H,3-4,7-10,12H2. The van der Waals surface area contributed by atoms with Crippen LogP contribution in [0.25, 0.3) is 11.0 Å². The number of pyridine rings is 1. The summed E-state index contributed by atoms with van der Waals surface area (Å²) >= 11 is 6.40. The van der Waals surface area contributed by atoms with Gasteiger partial charge in [0.2, 0.25) is 0 Å². The lowest BCUT2D eigenvalue weighted by molar-refractivity contribution is 0.0925. The Bertz CT molecular complexity index is 1170. The second kappa shape index (κ2) is 6.62. The van der Waals surface area contributed by atoms with E-state index in [1.165, 1.54) is 12.8 Å². The first-order valence-electron chi connectivity index (χ1n) is 10.4. The molecule has 2 aromatic heterocycles. The van der Waals surface area contributed by atoms with Gasteiger partial charge in [-0.15, -0.1) is 0 Å². The third-order valence-electron chi connectivity index (χ3n) is 6.18. The van der Waals surface area contributed by atoms with Crippen molar-refractivity contribution in [2.45, 2.75) is 38.3 Å². The molecule has 2 amide bonds. The molecule has 1 aromatic carbocycles. The van der Waals surface area contributed by atoms with Crippen LogP contribution in [0.1, 0.15) is 58.0 Å². The predicted octanol–water partition coefficient (Wildman–Crippen LogP) is 3.82. The minimum Gasteiger partial charge on any atom is -0.299 e. The van der Waals surface area contributed by atoms with Crippen LogP contribution < -0.4 is 4.90 Å². The van der Waals surface area contributed by atoms with E-state index in [4.69, 9.17) is 16.7 Å². The fourth-order valence-electron chi connectivity index (χ4n) is 4.58. The molecule has 0 unspecified atom stereocenters. The van der Waals surface area contributed by atoms with Gasteiger partial charge in [-0.1, -0.05) is 23.7 Å². The van der Waals surface area contributed by atoms with Crippen molar-refractivity contribution in [2.75, 3.05) is 18.0 Å². The summed E-state index contributed by atoms with van der Waals surface area (Å²) in [5.41, 5.74) is 3.26. The summed E-state index contributed by atoms with van der Waals surface area (Å²) in [5.74, 6) is -0.435. The Kier molecular flexibility index (Phi) is 3.98. The predicted molar refractivity (Wildman–Crippen MR) is 113 cm³/mol. The number of halogens is 1. The first-order valence-corrected chi connectivity index (χ1v) is 10.8. The molecule has 1 saturated carbocycles. The van der Waals surface area contributed by atoms with Crippen molar-refractivity contribution in [3.63, 3.8) is 0 Å². The highest BCUT2D eigenvalue weighted by Gasteiger charge is 2.41. The number of amides is 2. The molecule has 0 bridgehead atoms. The van der Waals surface area contributed by atoms with E-state index in [1.807, 2.05) is 10.7 Å². The van der Waals surface area contributed by atoms with Crippen molar-refractivity contribution < 1.29 is 9.59 Å². The molecule has 0 spiro atoms. The molecule has 0 atom stereocenters. The minimum atomic E-state index is -0.360. The molecule has 152 valence electrons. The topological polar surface area (TPSA) is 71.3 Å². The second-order valence-electron chi connectivity index (χ2n) is 8.28. The zero-order chi connectivity index (χ0) is 20.4. The van der Waals surface area contributed by atoms with Crippen LogP contribution in [0.3, 0.4) is 0 Å². The highest BCUT2D eigenvalue weighted by Crippen LogP contribution is 2.42. The summed E-state index contributed by atoms with van der Waals surface area (Å²) in [6.45, 7) is 2.88. The Morgan fingerprint density at radius 2 is 1.70 bits per heavy atom. The fraction of sp³-hybridized carbons (Fsp3) is 0.364. The van der Waals surface area contributed by atoms with Gasteiger partial charge in [0.05, 0.1) is 22.7 Å². The van der Waals surface area contributed by atoms with E-state index in [1.54, 1.807) is 24.3 Å². The number of rotatable bonds is 4. The van der Waals surface area contributed by atoms with Gasteiger partial charge in [0, 0.05) is 6.54 Å². The number of benzene rings is 1. The van der Waals surface area contributed by atoms with Gasteiger partial charge in [-0.2, -0.15) is 5.10 Å². The zero-order valence-corrected chi connectivity index (χ0v) is 17.1. The summed E-state index contributed by atoms with van der Waals surface area (Å²) in [5, 5.41) is 5.11. The van der Waals surface area contributed by atoms with Crippen molar-refractivity contribution in [1.29, 1.82) is 0 Å². The number of carbonyl (C=O) groups is 2. The molecule has 1 aliphatic carbocycles. The fourth-order valence-corrected chi connectivity index (χ4v) is 4.80. The van der Waals surface area contributed by atoms with E-state index < -0.39 is 0 Å². The lowest BCUT2D eigenvalue weighted by Gasteiger charge is -2.16. The number of carbonyl (C=O) groups excluding carboxylic acids is 2. The maximum atomic E-state index is 13.1. The minimum absolute atomic E-state index is 0.275. The summed E-state index contributed by atoms with van der Waals surface area (Å²) in [6, 6.07) is 9.05. The van der Waals surface area contributed by atoms with Gasteiger partial charge < -0.3 is 0 Å². The molecule has 30 heavy (non-hydrogen) atoms. The average molecular weight is 422 g/mol. The monoisotopic (exact) mass is 421 g/mol. The van der Waals surface area contributed by atoms with E-state index >= 15 is 0 Å². The molecule has 3 aliphatic rings. The Morgan fingerprint density at radius 3 is 2.33 bits per heavy atom. The van der Waals surface area contributed by atoms with Crippen LogP contribution in [0, 0.1) is 0 Å². The number of hydrogen-bond acceptors (Lipinski definition) is 5. The highest BCUT2D eigenvalue weighted by atomic mass is 35.5. The number of likely N-dealkylation sites (tertiary alicyclic amines) is 1. The summed E-state index contributed by atoms with van der Waals surface area (Å²) in [4.78, 5) is 34.3. The molecule has 8 heteroatoms. The van der Waals surface area contributed by atoms with Crippen LogP contribution in [0.4, 0.5) is 5.82 Å². The lowest BCUT2D eigenvalue weighted by Crippen LogP contribution is -2.30. The molecule has 2 aliphatic heterocycles. The van der Waals surface area contributed by atoms with Crippen molar-refractivity contribution in [3.8, 4) is 0 Å². The Hall–Kier alpha value is -2.77. The maximum Gasteiger partial charge on any atom is 0.267 e. The van der Waals surface area contributed by atoms with Crippen molar-refractivity contribution in [2.24, 2.45) is 0 Å². The molecule has 0 radical (unpaired) electrons. The van der Waals surface area contributed by atoms with E-state index in [9.17, 15) is 9.59 Å². The van der Waals surface area contributed by atoms with Gasteiger partial charge in [0.25, 0.3) is 11.8 Å². The van der Waals surface area contributed by atoms with Crippen LogP contribution in [-0.4, -0.2) is 44.6 Å². The maximum absolute atomic E-state index is 13.1. The summed E-state index contributed by atoms with van der Waals surface area (Å²) < 4.78 is 1.96. The van der Waals surface area contributed by atoms with Crippen LogP contribution in [0.5, 0.6) is 0 Å². The van der Waals surface area contributed by atoms with Crippen LogP contribution in [0.15, 0.2) is 30.3 Å². The Labute approximate surface area is 178 Å². The number of aromatic nitrogens is 3. The Balaban J connectivity index is 1.53. The van der Waals surface area contributed by atoms with Gasteiger partial charge in [0.15, 0.2) is 5.82 Å². The van der Waals surface area contributed by atoms with Gasteiger partial charge >= 0.3 is 0 Å². The van der Waals surface area contributed by atoms with Crippen molar-refractivity contribution in [1.82, 2.24) is 19.7 Å². The van der Waals surface area contributed by atoms with E-state index in [2.05, 4.69) is 9.88 Å². The number of hydrogen-bond donors (Lipinski definition) is 0. The van der Waals surface area contributed by atoms with Gasteiger partial charge in [-0.3, -0.25) is 19.2 Å². The average Bonchev–Trinajstić information content (AvgIpc) is 3.24. The smallest absolute Gasteiger partial charge is 0.267 e. The zero-order valence-electron chi connectivity index (χ0n) is 16.3. The van der Waals surface area contributed by atoms with E-state index in [0.29, 0.717) is 21.8 Å². The molecule has 6 rings (SSSR count). The molecule has 3 aromatic rings. The third kappa shape index (κ3) is 2.69. The van der Waals surface area contributed by atoms with E-state index in [-0.39, 0.29) is 23.7 Å². The first-order chi connectivity index (χ1) is 14.6. The van der Waals surface area contributed by atoms with Crippen LogP contribution in [-0.2, 0) is 6.54 Å². The van der Waals surface area contributed by atoms with Gasteiger partial charge in [-0.25, -0.2) is 9.88 Å². The molecule has 0 N–H and O–H groups in total. The number of imide groups is 1. The van der Waals surface area contributed by atoms with Crippen LogP contribution in [0.2, 0.25) is 5.15 Å². The van der Waals surface area contributed by atoms with Crippen LogP contribution >= 0.6 is 11.6 Å². The molecular weight excluding hydrogens is 402 g/mol. The van der Waals surface area contributed by atoms with Crippen molar-refractivity contribution in [3.05, 3.63) is 52.2 Å². The molecular formula is C22H20ClN5O2. The second-order valence-corrected chi connectivity index (χ2v) is 8.66. The lowest BCUT2D eigenvalue weighted by atomic mass is 10.1. The number of fused-ring (bicyclic) bond motifs is 2. The molecule has 7 nitrogen and oxygen atoms in total. The number of anilines is 1. The van der Waals surface area contributed by atoms with Gasteiger partial charge in [-0.05, 0) is 62.5 Å². The third-order valence-corrected chi connectivity index (χ3v) is 6.37. The molecule has 2 fully saturated rings. The SMILES string of the molecule is O=C1c2ccccc2C(=O)N1c1nn(C2CC2)c2c(CN3CCCC3)cc(Cl)nc12.